The van der Waals surface area contributed by atoms with E-state index in [-0.39, 0.29) is 5.92 Å². The van der Waals surface area contributed by atoms with E-state index in [1.807, 2.05) is 61.5 Å². The maximum atomic E-state index is 12.5. The normalized spacial score (nSPS) is 10.8. The molecule has 3 rings (SSSR count). The number of amides is 2. The Hall–Kier alpha value is -3.14. The number of fused-ring (bicyclic) bond motifs is 1. The summed E-state index contributed by atoms with van der Waals surface area (Å²) < 4.78 is 0. The highest BCUT2D eigenvalue weighted by atomic mass is 16.2. The molecule has 4 heteroatoms. The van der Waals surface area contributed by atoms with Crippen LogP contribution in [0, 0.1) is 6.92 Å². The number of anilines is 2. The van der Waals surface area contributed by atoms with Crippen molar-refractivity contribution in [3.8, 4) is 0 Å². The Labute approximate surface area is 153 Å². The van der Waals surface area contributed by atoms with Gasteiger partial charge in [0.05, 0.1) is 0 Å². The van der Waals surface area contributed by atoms with Crippen LogP contribution in [0.25, 0.3) is 10.8 Å². The summed E-state index contributed by atoms with van der Waals surface area (Å²) in [6.07, 6.45) is 0. The van der Waals surface area contributed by atoms with Gasteiger partial charge in [-0.2, -0.15) is 0 Å². The fourth-order valence-electron chi connectivity index (χ4n) is 3.03. The van der Waals surface area contributed by atoms with Crippen molar-refractivity contribution in [2.45, 2.75) is 26.7 Å². The number of carbonyl (C=O) groups excluding carboxylic acids is 2. The molecule has 0 saturated carbocycles. The fraction of sp³-hybridized carbons (Fsp3) is 0.182. The van der Waals surface area contributed by atoms with E-state index in [9.17, 15) is 9.59 Å². The van der Waals surface area contributed by atoms with Crippen molar-refractivity contribution in [1.82, 2.24) is 0 Å². The highest BCUT2D eigenvalue weighted by Crippen LogP contribution is 2.27. The van der Waals surface area contributed by atoms with Crippen LogP contribution in [-0.2, 0) is 9.59 Å². The molecule has 3 aromatic rings. The van der Waals surface area contributed by atoms with E-state index < -0.39 is 11.8 Å². The third-order valence-corrected chi connectivity index (χ3v) is 4.41. The summed E-state index contributed by atoms with van der Waals surface area (Å²) in [6.45, 7) is 6.03. The summed E-state index contributed by atoms with van der Waals surface area (Å²) in [5.74, 6) is -1.11. The summed E-state index contributed by atoms with van der Waals surface area (Å²) in [7, 11) is 0. The predicted octanol–water partition coefficient (Wildman–Crippen LogP) is 4.85. The molecule has 0 fully saturated rings. The van der Waals surface area contributed by atoms with Crippen LogP contribution in [0.4, 0.5) is 11.4 Å². The Morgan fingerprint density at radius 1 is 0.808 bits per heavy atom. The van der Waals surface area contributed by atoms with E-state index in [0.717, 1.165) is 21.9 Å². The largest absolute Gasteiger partial charge is 0.317 e. The third kappa shape index (κ3) is 3.59. The molecule has 0 heterocycles. The number of rotatable bonds is 3. The van der Waals surface area contributed by atoms with E-state index in [0.29, 0.717) is 11.4 Å². The van der Waals surface area contributed by atoms with Crippen molar-refractivity contribution in [3.63, 3.8) is 0 Å². The summed E-state index contributed by atoms with van der Waals surface area (Å²) in [5.41, 5.74) is 3.27. The van der Waals surface area contributed by atoms with Crippen LogP contribution in [-0.4, -0.2) is 11.8 Å². The molecular formula is C22H22N2O2. The zero-order chi connectivity index (χ0) is 18.7. The topological polar surface area (TPSA) is 58.2 Å². The molecule has 2 amide bonds. The number of carbonyl (C=O) groups is 2. The second kappa shape index (κ2) is 7.40. The van der Waals surface area contributed by atoms with E-state index in [1.54, 1.807) is 6.07 Å². The minimum atomic E-state index is -0.681. The van der Waals surface area contributed by atoms with Crippen LogP contribution in [0.1, 0.15) is 30.9 Å². The van der Waals surface area contributed by atoms with Crippen molar-refractivity contribution < 1.29 is 9.59 Å². The molecule has 0 radical (unpaired) electrons. The van der Waals surface area contributed by atoms with E-state index in [1.165, 1.54) is 0 Å². The van der Waals surface area contributed by atoms with Gasteiger partial charge < -0.3 is 10.6 Å². The molecule has 4 nitrogen and oxygen atoms in total. The fourth-order valence-corrected chi connectivity index (χ4v) is 3.03. The second-order valence-electron chi connectivity index (χ2n) is 6.63. The minimum absolute atomic E-state index is 0.242. The molecule has 0 spiro atoms. The number of hydrogen-bond donors (Lipinski definition) is 2. The average molecular weight is 346 g/mol. The molecule has 26 heavy (non-hydrogen) atoms. The summed E-state index contributed by atoms with van der Waals surface area (Å²) in [5, 5.41) is 7.40. The van der Waals surface area contributed by atoms with Gasteiger partial charge in [-0.3, -0.25) is 9.59 Å². The van der Waals surface area contributed by atoms with Gasteiger partial charge in [-0.15, -0.1) is 0 Å². The summed E-state index contributed by atoms with van der Waals surface area (Å²) >= 11 is 0. The molecule has 2 N–H and O–H groups in total. The lowest BCUT2D eigenvalue weighted by molar-refractivity contribution is -0.132. The standard InChI is InChI=1S/C22H22N2O2/c1-14(2)17-12-6-8-15(3)20(17)24-22(26)21(25)23-19-13-7-10-16-9-4-5-11-18(16)19/h4-14H,1-3H3,(H,23,25)(H,24,26). The van der Waals surface area contributed by atoms with E-state index in [2.05, 4.69) is 24.5 Å². The number of para-hydroxylation sites is 1. The lowest BCUT2D eigenvalue weighted by atomic mass is 9.98. The Bertz CT molecular complexity index is 972. The molecule has 132 valence electrons. The van der Waals surface area contributed by atoms with Gasteiger partial charge in [0.2, 0.25) is 0 Å². The zero-order valence-corrected chi connectivity index (χ0v) is 15.2. The first-order chi connectivity index (χ1) is 12.5. The zero-order valence-electron chi connectivity index (χ0n) is 15.2. The number of aryl methyl sites for hydroxylation is 1. The summed E-state index contributed by atoms with van der Waals surface area (Å²) in [6, 6.07) is 19.2. The molecule has 3 aromatic carbocycles. The Balaban J connectivity index is 1.82. The van der Waals surface area contributed by atoms with Crippen LogP contribution in [0.2, 0.25) is 0 Å². The smallest absolute Gasteiger partial charge is 0.314 e. The molecule has 0 bridgehead atoms. The lowest BCUT2D eigenvalue weighted by Gasteiger charge is -2.16. The van der Waals surface area contributed by atoms with Gasteiger partial charge in [0.25, 0.3) is 0 Å². The van der Waals surface area contributed by atoms with Crippen molar-refractivity contribution in [3.05, 3.63) is 71.8 Å². The highest BCUT2D eigenvalue weighted by molar-refractivity contribution is 6.44. The van der Waals surface area contributed by atoms with Crippen molar-refractivity contribution in [2.24, 2.45) is 0 Å². The molecule has 0 atom stereocenters. The molecule has 0 aromatic heterocycles. The van der Waals surface area contributed by atoms with Crippen LogP contribution >= 0.6 is 0 Å². The molecular weight excluding hydrogens is 324 g/mol. The first kappa shape index (κ1) is 17.7. The van der Waals surface area contributed by atoms with Crippen LogP contribution in [0.3, 0.4) is 0 Å². The van der Waals surface area contributed by atoms with Gasteiger partial charge in [-0.05, 0) is 35.4 Å². The maximum absolute atomic E-state index is 12.5. The Morgan fingerprint density at radius 3 is 2.23 bits per heavy atom. The van der Waals surface area contributed by atoms with Gasteiger partial charge in [-0.25, -0.2) is 0 Å². The van der Waals surface area contributed by atoms with Crippen LogP contribution in [0.5, 0.6) is 0 Å². The SMILES string of the molecule is Cc1cccc(C(C)C)c1NC(=O)C(=O)Nc1cccc2ccccc12. The van der Waals surface area contributed by atoms with E-state index >= 15 is 0 Å². The number of hydrogen-bond acceptors (Lipinski definition) is 2. The summed E-state index contributed by atoms with van der Waals surface area (Å²) in [4.78, 5) is 24.9. The molecule has 0 aliphatic heterocycles. The molecule has 0 unspecified atom stereocenters. The minimum Gasteiger partial charge on any atom is -0.317 e. The van der Waals surface area contributed by atoms with Crippen molar-refractivity contribution in [2.75, 3.05) is 10.6 Å². The van der Waals surface area contributed by atoms with Gasteiger partial charge in [-0.1, -0.05) is 68.4 Å². The van der Waals surface area contributed by atoms with Gasteiger partial charge in [0.15, 0.2) is 0 Å². The van der Waals surface area contributed by atoms with Gasteiger partial charge >= 0.3 is 11.8 Å². The molecule has 0 aliphatic carbocycles. The maximum Gasteiger partial charge on any atom is 0.314 e. The second-order valence-corrected chi connectivity index (χ2v) is 6.63. The van der Waals surface area contributed by atoms with Crippen LogP contribution in [0.15, 0.2) is 60.7 Å². The predicted molar refractivity (Wildman–Crippen MR) is 106 cm³/mol. The monoisotopic (exact) mass is 346 g/mol. The quantitative estimate of drug-likeness (QED) is 0.666. The van der Waals surface area contributed by atoms with Crippen LogP contribution < -0.4 is 10.6 Å². The molecule has 0 saturated heterocycles. The van der Waals surface area contributed by atoms with Gasteiger partial charge in [0.1, 0.15) is 0 Å². The number of benzene rings is 3. The highest BCUT2D eigenvalue weighted by Gasteiger charge is 2.18. The Morgan fingerprint density at radius 2 is 1.46 bits per heavy atom. The third-order valence-electron chi connectivity index (χ3n) is 4.41. The lowest BCUT2D eigenvalue weighted by Crippen LogP contribution is -2.30. The van der Waals surface area contributed by atoms with Crippen molar-refractivity contribution in [1.29, 1.82) is 0 Å². The van der Waals surface area contributed by atoms with Crippen molar-refractivity contribution >= 4 is 34.0 Å². The first-order valence-electron chi connectivity index (χ1n) is 8.67. The first-order valence-corrected chi connectivity index (χ1v) is 8.67. The number of nitrogens with one attached hydrogen (secondary N) is 2. The van der Waals surface area contributed by atoms with E-state index in [4.69, 9.17) is 0 Å². The average Bonchev–Trinajstić information content (AvgIpc) is 2.63. The Kier molecular flexibility index (Phi) is 5.03. The van der Waals surface area contributed by atoms with Gasteiger partial charge in [0, 0.05) is 16.8 Å². The molecule has 0 aliphatic rings.